The Bertz CT molecular complexity index is 1080. The molecule has 0 saturated carbocycles. The van der Waals surface area contributed by atoms with Crippen molar-refractivity contribution in [1.82, 2.24) is 5.32 Å². The third-order valence-electron chi connectivity index (χ3n) is 5.45. The summed E-state index contributed by atoms with van der Waals surface area (Å²) in [7, 11) is 0. The van der Waals surface area contributed by atoms with Crippen LogP contribution in [-0.4, -0.2) is 58.3 Å². The molecule has 0 spiro atoms. The lowest BCUT2D eigenvalue weighted by molar-refractivity contribution is -0.145. The number of aldehydes is 1. The van der Waals surface area contributed by atoms with Gasteiger partial charge in [0.2, 0.25) is 0 Å². The molecule has 0 bridgehead atoms. The second-order valence-electron chi connectivity index (χ2n) is 8.64. The first-order valence-electron chi connectivity index (χ1n) is 11.2. The Balaban J connectivity index is 2.33. The van der Waals surface area contributed by atoms with Crippen molar-refractivity contribution in [1.29, 1.82) is 0 Å². The van der Waals surface area contributed by atoms with Crippen LogP contribution >= 0.6 is 0 Å². The van der Waals surface area contributed by atoms with Gasteiger partial charge in [-0.1, -0.05) is 50.2 Å². The van der Waals surface area contributed by atoms with Gasteiger partial charge in [0.05, 0.1) is 6.04 Å². The van der Waals surface area contributed by atoms with Crippen molar-refractivity contribution in [2.75, 3.05) is 0 Å². The number of carbonyl (C=O) groups is 5. The highest BCUT2D eigenvalue weighted by Crippen LogP contribution is 2.27. The van der Waals surface area contributed by atoms with E-state index in [9.17, 15) is 24.0 Å². The zero-order valence-electron chi connectivity index (χ0n) is 19.5. The number of hydrogen-bond donors (Lipinski definition) is 4. The molecule has 10 heteroatoms. The normalized spacial score (nSPS) is 14.5. The van der Waals surface area contributed by atoms with Gasteiger partial charge in [-0.3, -0.25) is 19.2 Å². The maximum absolute atomic E-state index is 13.2. The average molecular weight is 487 g/mol. The number of carboxylic acid groups (broad SMARTS) is 2. The number of rotatable bonds is 14. The number of aliphatic carboxylic acids is 2. The third-order valence-corrected chi connectivity index (χ3v) is 5.45. The first-order chi connectivity index (χ1) is 16.5. The van der Waals surface area contributed by atoms with Crippen molar-refractivity contribution in [3.63, 3.8) is 0 Å². The SMILES string of the molecule is CC(C)C[C@H](NC(=O)C(CCC(=O)O)Oc1cccc2ccccc12)C(=O)[C@H](C=O)C(N)C(=O)O. The topological polar surface area (TPSA) is 173 Å². The van der Waals surface area contributed by atoms with Crippen LogP contribution in [0.1, 0.15) is 33.1 Å². The number of ketones is 1. The van der Waals surface area contributed by atoms with Crippen LogP contribution in [0.3, 0.4) is 0 Å². The highest BCUT2D eigenvalue weighted by molar-refractivity contribution is 6.03. The highest BCUT2D eigenvalue weighted by Gasteiger charge is 2.37. The summed E-state index contributed by atoms with van der Waals surface area (Å²) in [6.07, 6.45) is -1.54. The lowest BCUT2D eigenvalue weighted by atomic mass is 9.88. The van der Waals surface area contributed by atoms with Gasteiger partial charge in [0.15, 0.2) is 11.9 Å². The molecule has 2 aromatic rings. The number of fused-ring (bicyclic) bond motifs is 1. The van der Waals surface area contributed by atoms with E-state index in [1.165, 1.54) is 0 Å². The van der Waals surface area contributed by atoms with Crippen molar-refractivity contribution >= 4 is 40.7 Å². The van der Waals surface area contributed by atoms with Gasteiger partial charge in [0.1, 0.15) is 24.0 Å². The minimum absolute atomic E-state index is 0.103. The first kappa shape index (κ1) is 27.5. The number of amides is 1. The number of ether oxygens (including phenoxy) is 1. The maximum Gasteiger partial charge on any atom is 0.321 e. The molecule has 0 saturated heterocycles. The average Bonchev–Trinajstić information content (AvgIpc) is 2.81. The summed E-state index contributed by atoms with van der Waals surface area (Å²) in [6, 6.07) is 9.55. The molecule has 0 aliphatic heterocycles. The van der Waals surface area contributed by atoms with Crippen LogP contribution in [-0.2, 0) is 24.0 Å². The number of hydrogen-bond acceptors (Lipinski definition) is 7. The fourth-order valence-corrected chi connectivity index (χ4v) is 3.65. The third kappa shape index (κ3) is 7.61. The Labute approximate surface area is 202 Å². The molecule has 2 rings (SSSR count). The molecule has 4 atom stereocenters. The number of nitrogens with one attached hydrogen (secondary N) is 1. The van der Waals surface area contributed by atoms with Crippen molar-refractivity contribution in [3.8, 4) is 5.75 Å². The van der Waals surface area contributed by atoms with Crippen LogP contribution in [0.15, 0.2) is 42.5 Å². The summed E-state index contributed by atoms with van der Waals surface area (Å²) in [5.74, 6) is -5.65. The van der Waals surface area contributed by atoms with Gasteiger partial charge >= 0.3 is 11.9 Å². The number of carbonyl (C=O) groups excluding carboxylic acids is 3. The van der Waals surface area contributed by atoms with E-state index >= 15 is 0 Å². The molecule has 0 aromatic heterocycles. The van der Waals surface area contributed by atoms with E-state index in [4.69, 9.17) is 20.7 Å². The highest BCUT2D eigenvalue weighted by atomic mass is 16.5. The number of benzene rings is 2. The fourth-order valence-electron chi connectivity index (χ4n) is 3.65. The molecule has 5 N–H and O–H groups in total. The predicted octanol–water partition coefficient (Wildman–Crippen LogP) is 1.78. The van der Waals surface area contributed by atoms with E-state index in [1.54, 1.807) is 38.1 Å². The quantitative estimate of drug-likeness (QED) is 0.229. The van der Waals surface area contributed by atoms with E-state index in [0.717, 1.165) is 5.39 Å². The fraction of sp³-hybridized carbons (Fsp3) is 0.400. The Kier molecular flexibility index (Phi) is 9.89. The molecule has 188 valence electrons. The van der Waals surface area contributed by atoms with Gasteiger partial charge in [-0.25, -0.2) is 0 Å². The smallest absolute Gasteiger partial charge is 0.321 e. The molecular formula is C25H30N2O8. The summed E-state index contributed by atoms with van der Waals surface area (Å²) in [5, 5.41) is 22.4. The molecule has 0 aliphatic carbocycles. The van der Waals surface area contributed by atoms with Crippen LogP contribution in [0.25, 0.3) is 10.8 Å². The van der Waals surface area contributed by atoms with Gasteiger partial charge in [-0.05, 0) is 23.8 Å². The number of carboxylic acids is 2. The molecule has 0 heterocycles. The molecule has 0 fully saturated rings. The number of nitrogens with two attached hydrogens (primary N) is 1. The molecule has 35 heavy (non-hydrogen) atoms. The Morgan fingerprint density at radius 3 is 2.31 bits per heavy atom. The van der Waals surface area contributed by atoms with Crippen molar-refractivity contribution in [2.24, 2.45) is 17.6 Å². The van der Waals surface area contributed by atoms with Crippen molar-refractivity contribution < 1.29 is 38.9 Å². The summed E-state index contributed by atoms with van der Waals surface area (Å²) in [6.45, 7) is 3.57. The largest absolute Gasteiger partial charge is 0.481 e. The monoisotopic (exact) mass is 486 g/mol. The Hall–Kier alpha value is -3.79. The maximum atomic E-state index is 13.2. The summed E-state index contributed by atoms with van der Waals surface area (Å²) in [5.41, 5.74) is 5.51. The second kappa shape index (κ2) is 12.6. The zero-order valence-corrected chi connectivity index (χ0v) is 19.5. The molecule has 10 nitrogen and oxygen atoms in total. The molecule has 1 amide bonds. The van der Waals surface area contributed by atoms with E-state index in [1.807, 2.05) is 18.2 Å². The summed E-state index contributed by atoms with van der Waals surface area (Å²) >= 11 is 0. The van der Waals surface area contributed by atoms with Gasteiger partial charge in [0, 0.05) is 18.2 Å². The molecule has 2 unspecified atom stereocenters. The van der Waals surface area contributed by atoms with E-state index in [-0.39, 0.29) is 31.5 Å². The summed E-state index contributed by atoms with van der Waals surface area (Å²) in [4.78, 5) is 60.1. The van der Waals surface area contributed by atoms with E-state index in [2.05, 4.69) is 5.32 Å². The van der Waals surface area contributed by atoms with Gasteiger partial charge in [-0.2, -0.15) is 0 Å². The molecular weight excluding hydrogens is 456 g/mol. The Morgan fingerprint density at radius 2 is 1.71 bits per heavy atom. The predicted molar refractivity (Wildman–Crippen MR) is 127 cm³/mol. The Morgan fingerprint density at radius 1 is 1.06 bits per heavy atom. The minimum Gasteiger partial charge on any atom is -0.481 e. The van der Waals surface area contributed by atoms with Gasteiger partial charge in [0.25, 0.3) is 5.91 Å². The molecule has 2 aromatic carbocycles. The van der Waals surface area contributed by atoms with Crippen LogP contribution in [0.5, 0.6) is 5.75 Å². The first-order valence-corrected chi connectivity index (χ1v) is 11.2. The lowest BCUT2D eigenvalue weighted by Gasteiger charge is -2.26. The van der Waals surface area contributed by atoms with Crippen LogP contribution in [0.4, 0.5) is 0 Å². The van der Waals surface area contributed by atoms with Gasteiger partial charge in [-0.15, -0.1) is 0 Å². The lowest BCUT2D eigenvalue weighted by Crippen LogP contribution is -2.53. The van der Waals surface area contributed by atoms with E-state index < -0.39 is 47.7 Å². The van der Waals surface area contributed by atoms with E-state index in [0.29, 0.717) is 11.1 Å². The minimum atomic E-state index is -1.76. The van der Waals surface area contributed by atoms with Gasteiger partial charge < -0.3 is 30.8 Å². The van der Waals surface area contributed by atoms with Crippen molar-refractivity contribution in [2.45, 2.75) is 51.3 Å². The van der Waals surface area contributed by atoms with Crippen molar-refractivity contribution in [3.05, 3.63) is 42.5 Å². The van der Waals surface area contributed by atoms with Crippen LogP contribution < -0.4 is 15.8 Å². The zero-order chi connectivity index (χ0) is 26.1. The number of Topliss-reactive ketones (excluding diaryl/α,β-unsaturated/α-hetero) is 1. The van der Waals surface area contributed by atoms with Crippen LogP contribution in [0, 0.1) is 11.8 Å². The molecule has 0 radical (unpaired) electrons. The standard InChI is InChI=1S/C25H30N2O8/c1-14(2)12-18(23(31)17(13-28)22(26)25(33)34)27-24(32)20(10-11-21(29)30)35-19-9-5-7-15-6-3-4-8-16(15)19/h3-9,13-14,17-18,20,22H,10-12,26H2,1-2H3,(H,27,32)(H,29,30)(H,33,34)/t17-,18+,20?,22?/m1/s1. The second-order valence-corrected chi connectivity index (χ2v) is 8.64. The van der Waals surface area contributed by atoms with Crippen LogP contribution in [0.2, 0.25) is 0 Å². The molecule has 0 aliphatic rings. The summed E-state index contributed by atoms with van der Waals surface area (Å²) < 4.78 is 5.92.